The number of nitriles is 1. The normalized spacial score (nSPS) is 14.7. The van der Waals surface area contributed by atoms with Crippen LogP contribution in [0.5, 0.6) is 0 Å². The molecule has 1 amide bonds. The van der Waals surface area contributed by atoms with E-state index in [2.05, 4.69) is 5.32 Å². The molecule has 0 radical (unpaired) electrons. The second-order valence-corrected chi connectivity index (χ2v) is 11.0. The van der Waals surface area contributed by atoms with Crippen molar-refractivity contribution in [1.82, 2.24) is 5.32 Å². The van der Waals surface area contributed by atoms with E-state index >= 15 is 0 Å². The molecule has 1 N–H and O–H groups in total. The Morgan fingerprint density at radius 1 is 0.938 bits per heavy atom. The van der Waals surface area contributed by atoms with Gasteiger partial charge in [0.05, 0.1) is 17.0 Å². The van der Waals surface area contributed by atoms with Gasteiger partial charge in [-0.05, 0) is 56.2 Å². The highest BCUT2D eigenvalue weighted by Crippen LogP contribution is 2.39. The lowest BCUT2D eigenvalue weighted by atomic mass is 9.90. The molecular weight excluding hydrogens is 424 g/mol. The molecule has 0 unspecified atom stereocenters. The number of amides is 1. The number of rotatable bonds is 5. The molecule has 6 nitrogen and oxygen atoms in total. The zero-order chi connectivity index (χ0) is 23.6. The van der Waals surface area contributed by atoms with Crippen molar-refractivity contribution in [1.29, 1.82) is 5.26 Å². The zero-order valence-electron chi connectivity index (χ0n) is 18.5. The van der Waals surface area contributed by atoms with Crippen molar-refractivity contribution >= 4 is 26.7 Å². The highest BCUT2D eigenvalue weighted by atomic mass is 32.2. The van der Waals surface area contributed by atoms with E-state index in [9.17, 15) is 18.5 Å². The Balaban J connectivity index is 2.23. The monoisotopic (exact) mass is 450 g/mol. The molecule has 3 rings (SSSR count). The third-order valence-corrected chi connectivity index (χ3v) is 7.52. The van der Waals surface area contributed by atoms with Crippen LogP contribution < -0.4 is 5.32 Å². The molecule has 3 aromatic carbocycles. The molecule has 0 aliphatic rings. The van der Waals surface area contributed by atoms with Crippen molar-refractivity contribution in [2.45, 2.75) is 49.0 Å². The smallest absolute Gasteiger partial charge is 0.408 e. The van der Waals surface area contributed by atoms with Gasteiger partial charge in [-0.2, -0.15) is 5.26 Å². The maximum Gasteiger partial charge on any atom is 0.408 e. The van der Waals surface area contributed by atoms with Crippen molar-refractivity contribution in [2.75, 3.05) is 0 Å². The molecule has 32 heavy (non-hydrogen) atoms. The molecule has 0 fully saturated rings. The van der Waals surface area contributed by atoms with Crippen LogP contribution in [0.2, 0.25) is 0 Å². The van der Waals surface area contributed by atoms with Crippen molar-refractivity contribution in [3.63, 3.8) is 0 Å². The Kier molecular flexibility index (Phi) is 6.29. The number of fused-ring (bicyclic) bond motifs is 1. The van der Waals surface area contributed by atoms with Crippen LogP contribution in [0.3, 0.4) is 0 Å². The number of ether oxygens (including phenoxy) is 1. The molecule has 166 valence electrons. The van der Waals surface area contributed by atoms with Crippen LogP contribution >= 0.6 is 0 Å². The quantitative estimate of drug-likeness (QED) is 0.579. The summed E-state index contributed by atoms with van der Waals surface area (Å²) < 4.78 is 30.8. The van der Waals surface area contributed by atoms with Gasteiger partial charge in [-0.1, -0.05) is 60.7 Å². The van der Waals surface area contributed by atoms with Gasteiger partial charge in [-0.25, -0.2) is 13.2 Å². The molecule has 0 aromatic heterocycles. The molecule has 0 aliphatic heterocycles. The van der Waals surface area contributed by atoms with E-state index in [-0.39, 0.29) is 4.90 Å². The molecule has 7 heteroatoms. The number of nitrogens with one attached hydrogen (secondary N) is 1. The molecule has 0 saturated heterocycles. The van der Waals surface area contributed by atoms with Gasteiger partial charge in [-0.15, -0.1) is 0 Å². The summed E-state index contributed by atoms with van der Waals surface area (Å²) in [7, 11) is -4.19. The fourth-order valence-corrected chi connectivity index (χ4v) is 5.19. The Bertz CT molecular complexity index is 1270. The van der Waals surface area contributed by atoms with Crippen molar-refractivity contribution < 1.29 is 17.9 Å². The summed E-state index contributed by atoms with van der Waals surface area (Å²) in [6, 6.07) is 21.4. The van der Waals surface area contributed by atoms with Gasteiger partial charge in [0.2, 0.25) is 0 Å². The number of carbonyl (C=O) groups excluding carboxylic acids is 1. The maximum absolute atomic E-state index is 13.7. The lowest BCUT2D eigenvalue weighted by Gasteiger charge is -2.33. The van der Waals surface area contributed by atoms with Crippen LogP contribution in [0.25, 0.3) is 10.8 Å². The summed E-state index contributed by atoms with van der Waals surface area (Å²) in [6.07, 6.45) is -0.805. The SMILES string of the molecule is CC(C)(C)OC(=O)N[C@@H](c1cccc2ccccc12)[C@@](C)(C#N)S(=O)(=O)c1ccccc1. The lowest BCUT2D eigenvalue weighted by molar-refractivity contribution is 0.0498. The van der Waals surface area contributed by atoms with E-state index in [4.69, 9.17) is 4.74 Å². The topological polar surface area (TPSA) is 96.3 Å². The second kappa shape index (κ2) is 8.64. The lowest BCUT2D eigenvalue weighted by Crippen LogP contribution is -2.49. The predicted molar refractivity (Wildman–Crippen MR) is 124 cm³/mol. The van der Waals surface area contributed by atoms with E-state index < -0.39 is 32.3 Å². The van der Waals surface area contributed by atoms with Crippen molar-refractivity contribution in [3.05, 3.63) is 78.4 Å². The first-order valence-electron chi connectivity index (χ1n) is 10.2. The van der Waals surface area contributed by atoms with E-state index in [0.717, 1.165) is 10.8 Å². The summed E-state index contributed by atoms with van der Waals surface area (Å²) in [6.45, 7) is 6.47. The Labute approximate surface area is 188 Å². The highest BCUT2D eigenvalue weighted by molar-refractivity contribution is 7.93. The predicted octanol–water partition coefficient (Wildman–Crippen LogP) is 5.16. The number of carbonyl (C=O) groups is 1. The Morgan fingerprint density at radius 3 is 2.16 bits per heavy atom. The highest BCUT2D eigenvalue weighted by Gasteiger charge is 2.50. The van der Waals surface area contributed by atoms with Crippen LogP contribution in [-0.4, -0.2) is 24.9 Å². The van der Waals surface area contributed by atoms with Gasteiger partial charge in [0.25, 0.3) is 0 Å². The summed E-state index contributed by atoms with van der Waals surface area (Å²) in [5, 5.41) is 14.5. The standard InChI is InChI=1S/C25H26N2O4S/c1-24(2,3)31-23(28)27-22(21-16-10-12-18-11-8-9-15-20(18)21)25(4,17-26)32(29,30)19-13-6-5-7-14-19/h5-16,22H,1-4H3,(H,27,28)/t22-,25+/m0/s1. The number of nitrogens with zero attached hydrogens (tertiary/aromatic N) is 1. The van der Waals surface area contributed by atoms with Crippen molar-refractivity contribution in [3.8, 4) is 6.07 Å². The minimum atomic E-state index is -4.19. The van der Waals surface area contributed by atoms with Gasteiger partial charge in [0.1, 0.15) is 5.60 Å². The number of benzene rings is 3. The minimum Gasteiger partial charge on any atom is -0.444 e. The van der Waals surface area contributed by atoms with Gasteiger partial charge >= 0.3 is 6.09 Å². The summed E-state index contributed by atoms with van der Waals surface area (Å²) in [5.41, 5.74) is -0.285. The van der Waals surface area contributed by atoms with E-state index in [1.165, 1.54) is 19.1 Å². The van der Waals surface area contributed by atoms with E-state index in [0.29, 0.717) is 5.56 Å². The maximum atomic E-state index is 13.7. The van der Waals surface area contributed by atoms with Crippen molar-refractivity contribution in [2.24, 2.45) is 0 Å². The van der Waals surface area contributed by atoms with Crippen LogP contribution in [-0.2, 0) is 14.6 Å². The fourth-order valence-electron chi connectivity index (χ4n) is 3.56. The molecule has 0 heterocycles. The van der Waals surface area contributed by atoms with Gasteiger partial charge < -0.3 is 10.1 Å². The first kappa shape index (κ1) is 23.3. The molecule has 0 saturated carbocycles. The first-order valence-corrected chi connectivity index (χ1v) is 11.7. The van der Waals surface area contributed by atoms with Crippen LogP contribution in [0.4, 0.5) is 4.79 Å². The largest absolute Gasteiger partial charge is 0.444 e. The molecule has 2 atom stereocenters. The average molecular weight is 451 g/mol. The van der Waals surface area contributed by atoms with Crippen LogP contribution in [0.1, 0.15) is 39.3 Å². The summed E-state index contributed by atoms with van der Waals surface area (Å²) in [4.78, 5) is 12.8. The first-order chi connectivity index (χ1) is 15.0. The molecular formula is C25H26N2O4S. The van der Waals surface area contributed by atoms with Crippen LogP contribution in [0, 0.1) is 11.3 Å². The second-order valence-electron chi connectivity index (χ2n) is 8.68. The van der Waals surface area contributed by atoms with E-state index in [1.807, 2.05) is 36.4 Å². The number of hydrogen-bond acceptors (Lipinski definition) is 5. The number of hydrogen-bond donors (Lipinski definition) is 1. The molecule has 0 spiro atoms. The summed E-state index contributed by atoms with van der Waals surface area (Å²) in [5.74, 6) is 0. The summed E-state index contributed by atoms with van der Waals surface area (Å²) >= 11 is 0. The zero-order valence-corrected chi connectivity index (χ0v) is 19.3. The molecule has 0 aliphatic carbocycles. The van der Waals surface area contributed by atoms with Gasteiger partial charge in [-0.3, -0.25) is 0 Å². The fraction of sp³-hybridized carbons (Fsp3) is 0.280. The number of sulfone groups is 1. The Morgan fingerprint density at radius 2 is 1.53 bits per heavy atom. The minimum absolute atomic E-state index is 0.000255. The molecule has 3 aromatic rings. The van der Waals surface area contributed by atoms with Crippen LogP contribution in [0.15, 0.2) is 77.7 Å². The number of alkyl carbamates (subject to hydrolysis) is 1. The van der Waals surface area contributed by atoms with E-state index in [1.54, 1.807) is 51.1 Å². The molecule has 0 bridgehead atoms. The average Bonchev–Trinajstić information content (AvgIpc) is 2.76. The third-order valence-electron chi connectivity index (χ3n) is 5.18. The van der Waals surface area contributed by atoms with Gasteiger partial charge in [0.15, 0.2) is 14.6 Å². The third kappa shape index (κ3) is 4.46. The van der Waals surface area contributed by atoms with Gasteiger partial charge in [0, 0.05) is 0 Å². The Hall–Kier alpha value is -3.37.